The van der Waals surface area contributed by atoms with Gasteiger partial charge in [0.05, 0.1) is 6.04 Å². The number of amides is 1. The van der Waals surface area contributed by atoms with Crippen LogP contribution >= 0.6 is 0 Å². The Kier molecular flexibility index (Phi) is 6.76. The lowest BCUT2D eigenvalue weighted by atomic mass is 10.1. The molecule has 15 heavy (non-hydrogen) atoms. The summed E-state index contributed by atoms with van der Waals surface area (Å²) in [6.45, 7) is 6.27. The normalized spacial score (nSPS) is 17.2. The van der Waals surface area contributed by atoms with E-state index in [1.807, 2.05) is 20.8 Å². The Hall–Kier alpha value is -0.420. The molecule has 0 spiro atoms. The van der Waals surface area contributed by atoms with Gasteiger partial charge in [-0.3, -0.25) is 9.00 Å². The van der Waals surface area contributed by atoms with Crippen molar-refractivity contribution in [2.75, 3.05) is 12.8 Å². The number of carbonyl (C=O) groups excluding carboxylic acids is 1. The van der Waals surface area contributed by atoms with E-state index in [4.69, 9.17) is 5.73 Å². The molecule has 3 unspecified atom stereocenters. The molecule has 3 N–H and O–H groups in total. The van der Waals surface area contributed by atoms with Gasteiger partial charge in [-0.15, -0.1) is 0 Å². The average Bonchev–Trinajstić information content (AvgIpc) is 2.15. The fraction of sp³-hybridized carbons (Fsp3) is 0.900. The second-order valence-electron chi connectivity index (χ2n) is 4.16. The quantitative estimate of drug-likeness (QED) is 0.691. The van der Waals surface area contributed by atoms with Gasteiger partial charge in [-0.05, 0) is 12.3 Å². The summed E-state index contributed by atoms with van der Waals surface area (Å²) in [6.07, 6.45) is 2.39. The highest BCUT2D eigenvalue weighted by atomic mass is 32.2. The maximum Gasteiger partial charge on any atom is 0.237 e. The molecule has 0 aromatic heterocycles. The minimum atomic E-state index is -0.827. The van der Waals surface area contributed by atoms with Crippen LogP contribution in [0.1, 0.15) is 27.2 Å². The second kappa shape index (κ2) is 6.95. The number of hydrogen-bond acceptors (Lipinski definition) is 3. The number of carbonyl (C=O) groups is 1. The number of nitrogens with two attached hydrogens (primary N) is 1. The van der Waals surface area contributed by atoms with E-state index in [2.05, 4.69) is 5.32 Å². The molecule has 3 atom stereocenters. The van der Waals surface area contributed by atoms with Gasteiger partial charge in [-0.25, -0.2) is 0 Å². The van der Waals surface area contributed by atoms with Crippen molar-refractivity contribution in [2.24, 2.45) is 11.7 Å². The van der Waals surface area contributed by atoms with Gasteiger partial charge in [-0.1, -0.05) is 20.8 Å². The van der Waals surface area contributed by atoms with E-state index in [0.717, 1.165) is 6.42 Å². The highest BCUT2D eigenvalue weighted by molar-refractivity contribution is 7.84. The molecule has 0 saturated carbocycles. The summed E-state index contributed by atoms with van der Waals surface area (Å²) in [5, 5.41) is 2.86. The highest BCUT2D eigenvalue weighted by Gasteiger charge is 2.16. The molecule has 0 aliphatic heterocycles. The predicted molar refractivity (Wildman–Crippen MR) is 64.0 cm³/mol. The third-order valence-electron chi connectivity index (χ3n) is 2.44. The Balaban J connectivity index is 3.78. The Morgan fingerprint density at radius 1 is 1.40 bits per heavy atom. The van der Waals surface area contributed by atoms with Crippen molar-refractivity contribution < 1.29 is 9.00 Å². The Bertz CT molecular complexity index is 231. The summed E-state index contributed by atoms with van der Waals surface area (Å²) >= 11 is 0. The third kappa shape index (κ3) is 5.89. The summed E-state index contributed by atoms with van der Waals surface area (Å²) in [5.41, 5.74) is 5.66. The van der Waals surface area contributed by atoms with Crippen LogP contribution in [0, 0.1) is 5.92 Å². The molecule has 0 fully saturated rings. The second-order valence-corrected chi connectivity index (χ2v) is 5.96. The van der Waals surface area contributed by atoms with Crippen LogP contribution in [0.4, 0.5) is 0 Å². The molecule has 0 saturated heterocycles. The smallest absolute Gasteiger partial charge is 0.237 e. The van der Waals surface area contributed by atoms with Gasteiger partial charge < -0.3 is 11.1 Å². The first kappa shape index (κ1) is 14.6. The van der Waals surface area contributed by atoms with Crippen LogP contribution in [0.3, 0.4) is 0 Å². The molecule has 5 heteroatoms. The molecule has 0 bridgehead atoms. The lowest BCUT2D eigenvalue weighted by Crippen LogP contribution is -2.44. The van der Waals surface area contributed by atoms with E-state index in [1.165, 1.54) is 0 Å². The first-order chi connectivity index (χ1) is 6.86. The Labute approximate surface area is 94.4 Å². The predicted octanol–water partition coefficient (Wildman–Crippen LogP) is 0.243. The fourth-order valence-corrected chi connectivity index (χ4v) is 1.43. The van der Waals surface area contributed by atoms with Gasteiger partial charge in [0.1, 0.15) is 0 Å². The van der Waals surface area contributed by atoms with E-state index < -0.39 is 16.8 Å². The van der Waals surface area contributed by atoms with Crippen molar-refractivity contribution in [1.82, 2.24) is 5.32 Å². The van der Waals surface area contributed by atoms with Crippen molar-refractivity contribution in [3.63, 3.8) is 0 Å². The van der Waals surface area contributed by atoms with Gasteiger partial charge in [0.25, 0.3) is 0 Å². The van der Waals surface area contributed by atoms with Gasteiger partial charge >= 0.3 is 0 Å². The Morgan fingerprint density at radius 2 is 1.93 bits per heavy atom. The Morgan fingerprint density at radius 3 is 2.33 bits per heavy atom. The monoisotopic (exact) mass is 234 g/mol. The molecular formula is C10H22N2O2S. The van der Waals surface area contributed by atoms with Crippen LogP contribution in [-0.4, -0.2) is 34.2 Å². The van der Waals surface area contributed by atoms with Gasteiger partial charge in [0.2, 0.25) is 5.91 Å². The maximum absolute atomic E-state index is 11.4. The maximum atomic E-state index is 11.4. The molecule has 0 radical (unpaired) electrons. The van der Waals surface area contributed by atoms with Crippen molar-refractivity contribution in [3.8, 4) is 0 Å². The largest absolute Gasteiger partial charge is 0.355 e. The zero-order chi connectivity index (χ0) is 12.0. The SMILES string of the molecule is CC(C)C(N)C(=O)NCCC(C)S(C)=O. The van der Waals surface area contributed by atoms with E-state index in [9.17, 15) is 9.00 Å². The third-order valence-corrected chi connectivity index (χ3v) is 3.81. The van der Waals surface area contributed by atoms with Crippen molar-refractivity contribution >= 4 is 16.7 Å². The standard InChI is InChI=1S/C10H22N2O2S/c1-7(2)9(11)10(13)12-6-5-8(3)15(4)14/h7-9H,5-6,11H2,1-4H3,(H,12,13). The zero-order valence-electron chi connectivity index (χ0n) is 9.95. The first-order valence-corrected chi connectivity index (χ1v) is 6.84. The summed E-state index contributed by atoms with van der Waals surface area (Å²) in [4.78, 5) is 11.4. The number of nitrogens with one attached hydrogen (secondary N) is 1. The van der Waals surface area contributed by atoms with E-state index in [1.54, 1.807) is 6.26 Å². The molecule has 90 valence electrons. The molecule has 0 aromatic carbocycles. The van der Waals surface area contributed by atoms with Crippen LogP contribution in [0.5, 0.6) is 0 Å². The molecule has 0 heterocycles. The van der Waals surface area contributed by atoms with E-state index in [0.29, 0.717) is 6.54 Å². The minimum absolute atomic E-state index is 0.112. The van der Waals surface area contributed by atoms with Gasteiger partial charge in [-0.2, -0.15) is 0 Å². The van der Waals surface area contributed by atoms with Crippen LogP contribution < -0.4 is 11.1 Å². The van der Waals surface area contributed by atoms with Crippen molar-refractivity contribution in [1.29, 1.82) is 0 Å². The minimum Gasteiger partial charge on any atom is -0.355 e. The van der Waals surface area contributed by atoms with Gasteiger partial charge in [0, 0.05) is 28.9 Å². The molecule has 4 nitrogen and oxygen atoms in total. The summed E-state index contributed by atoms with van der Waals surface area (Å²) in [5.74, 6) is 0.0156. The topological polar surface area (TPSA) is 72.2 Å². The molecule has 1 amide bonds. The number of hydrogen-bond donors (Lipinski definition) is 2. The molecular weight excluding hydrogens is 212 g/mol. The lowest BCUT2D eigenvalue weighted by molar-refractivity contribution is -0.123. The molecule has 0 aliphatic carbocycles. The number of rotatable bonds is 6. The van der Waals surface area contributed by atoms with Crippen molar-refractivity contribution in [2.45, 2.75) is 38.5 Å². The van der Waals surface area contributed by atoms with Crippen molar-refractivity contribution in [3.05, 3.63) is 0 Å². The molecule has 0 aromatic rings. The lowest BCUT2D eigenvalue weighted by Gasteiger charge is -2.16. The van der Waals surface area contributed by atoms with Gasteiger partial charge in [0.15, 0.2) is 0 Å². The molecule has 0 aliphatic rings. The zero-order valence-corrected chi connectivity index (χ0v) is 10.8. The van der Waals surface area contributed by atoms with Crippen LogP contribution in [0.25, 0.3) is 0 Å². The fourth-order valence-electron chi connectivity index (χ4n) is 0.985. The van der Waals surface area contributed by atoms with E-state index in [-0.39, 0.29) is 17.1 Å². The summed E-state index contributed by atoms with van der Waals surface area (Å²) in [7, 11) is -0.827. The first-order valence-electron chi connectivity index (χ1n) is 5.21. The van der Waals surface area contributed by atoms with Crippen LogP contribution in [0.15, 0.2) is 0 Å². The van der Waals surface area contributed by atoms with E-state index >= 15 is 0 Å². The highest BCUT2D eigenvalue weighted by Crippen LogP contribution is 2.00. The summed E-state index contributed by atoms with van der Waals surface area (Å²) in [6, 6.07) is -0.451. The van der Waals surface area contributed by atoms with Crippen LogP contribution in [0.2, 0.25) is 0 Å². The van der Waals surface area contributed by atoms with Crippen LogP contribution in [-0.2, 0) is 15.6 Å². The molecule has 0 rings (SSSR count). The average molecular weight is 234 g/mol. The summed E-state index contributed by atoms with van der Waals surface area (Å²) < 4.78 is 11.0.